The molecule has 0 aliphatic rings. The van der Waals surface area contributed by atoms with Gasteiger partial charge in [-0.2, -0.15) is 0 Å². The predicted molar refractivity (Wildman–Crippen MR) is 27.8 cm³/mol. The molecule has 0 amide bonds. The first-order valence-electron chi connectivity index (χ1n) is 1.59. The van der Waals surface area contributed by atoms with E-state index < -0.39 is 0 Å². The van der Waals surface area contributed by atoms with E-state index in [0.717, 1.165) is 0 Å². The van der Waals surface area contributed by atoms with Gasteiger partial charge in [-0.3, -0.25) is 4.79 Å². The second kappa shape index (κ2) is 20.1. The van der Waals surface area contributed by atoms with Crippen LogP contribution in [0.15, 0.2) is 18.9 Å². The summed E-state index contributed by atoms with van der Waals surface area (Å²) in [7, 11) is 1.31. The minimum absolute atomic E-state index is 0.375. The first-order chi connectivity index (χ1) is 3.33. The van der Waals surface area contributed by atoms with E-state index in [0.29, 0.717) is 6.47 Å². The highest BCUT2D eigenvalue weighted by molar-refractivity contribution is 5.36. The fourth-order valence-electron chi connectivity index (χ4n) is 0. The molecule has 2 heteroatoms. The van der Waals surface area contributed by atoms with Crippen molar-refractivity contribution in [3.05, 3.63) is 18.9 Å². The number of rotatable bonds is 1. The van der Waals surface area contributed by atoms with E-state index in [-0.39, 0.29) is 0 Å². The molecule has 0 unspecified atom stereocenters. The summed E-state index contributed by atoms with van der Waals surface area (Å²) in [5.41, 5.74) is 2.25. The monoisotopic (exact) mass is 100 g/mol. The lowest BCUT2D eigenvalue weighted by Crippen LogP contribution is -1.68. The van der Waals surface area contributed by atoms with E-state index >= 15 is 0 Å². The minimum atomic E-state index is 0.375. The van der Waals surface area contributed by atoms with Crippen LogP contribution >= 0.6 is 0 Å². The molecule has 7 heavy (non-hydrogen) atoms. The molecule has 0 saturated heterocycles. The first kappa shape index (κ1) is 9.37. The molecule has 0 aromatic carbocycles. The third-order valence-corrected chi connectivity index (χ3v) is 0.0962. The summed E-state index contributed by atoms with van der Waals surface area (Å²) in [6.45, 7) is 6.62. The molecule has 0 aromatic heterocycles. The lowest BCUT2D eigenvalue weighted by atomic mass is 11.0. The number of hydrogen-bond donors (Lipinski definition) is 0. The Morgan fingerprint density at radius 2 is 1.86 bits per heavy atom. The van der Waals surface area contributed by atoms with Gasteiger partial charge in [-0.1, -0.05) is 13.2 Å². The van der Waals surface area contributed by atoms with E-state index in [9.17, 15) is 0 Å². The summed E-state index contributed by atoms with van der Waals surface area (Å²) in [6, 6.07) is 0. The van der Waals surface area contributed by atoms with Crippen LogP contribution in [0.2, 0.25) is 0 Å². The zero-order valence-electron chi connectivity index (χ0n) is 4.31. The van der Waals surface area contributed by atoms with Crippen molar-refractivity contribution in [3.8, 4) is 0 Å². The van der Waals surface area contributed by atoms with Gasteiger partial charge in [0, 0.05) is 0 Å². The van der Waals surface area contributed by atoms with Gasteiger partial charge in [0.15, 0.2) is 0 Å². The van der Waals surface area contributed by atoms with Gasteiger partial charge in [0.05, 0.1) is 7.11 Å². The van der Waals surface area contributed by atoms with Gasteiger partial charge in [-0.15, -0.1) is 5.73 Å². The lowest BCUT2D eigenvalue weighted by molar-refractivity contribution is -0.126. The maximum Gasteiger partial charge on any atom is 0.292 e. The van der Waals surface area contributed by atoms with Crippen molar-refractivity contribution < 1.29 is 9.53 Å². The van der Waals surface area contributed by atoms with Crippen molar-refractivity contribution in [1.29, 1.82) is 0 Å². The van der Waals surface area contributed by atoms with Crippen LogP contribution in [0.25, 0.3) is 0 Å². The Bertz CT molecular complexity index is 60.5. The number of carbonyl (C=O) groups excluding carboxylic acids is 1. The van der Waals surface area contributed by atoms with Crippen LogP contribution in [-0.4, -0.2) is 13.6 Å². The normalized spacial score (nSPS) is 4.14. The number of carbonyl (C=O) groups is 1. The molecule has 2 nitrogen and oxygen atoms in total. The Hall–Kier alpha value is -1.01. The van der Waals surface area contributed by atoms with Crippen LogP contribution in [0, 0.1) is 0 Å². The van der Waals surface area contributed by atoms with Crippen molar-refractivity contribution in [1.82, 2.24) is 0 Å². The van der Waals surface area contributed by atoms with E-state index in [2.05, 4.69) is 23.6 Å². The Labute approximate surface area is 43.1 Å². The second-order valence-electron chi connectivity index (χ2n) is 0.582. The highest BCUT2D eigenvalue weighted by atomic mass is 16.5. The second-order valence-corrected chi connectivity index (χ2v) is 0.582. The fraction of sp³-hybridized carbons (Fsp3) is 0.200. The molecule has 0 spiro atoms. The van der Waals surface area contributed by atoms with Crippen LogP contribution in [0.3, 0.4) is 0 Å². The van der Waals surface area contributed by atoms with Crippen LogP contribution < -0.4 is 0 Å². The predicted octanol–water partition coefficient (Wildman–Crippen LogP) is 0.746. The van der Waals surface area contributed by atoms with Crippen molar-refractivity contribution in [2.75, 3.05) is 7.11 Å². The molecule has 0 aliphatic carbocycles. The summed E-state index contributed by atoms with van der Waals surface area (Å²) < 4.78 is 3.86. The summed E-state index contributed by atoms with van der Waals surface area (Å²) >= 11 is 0. The molecule has 0 radical (unpaired) electrons. The zero-order valence-corrected chi connectivity index (χ0v) is 4.31. The quantitative estimate of drug-likeness (QED) is 0.359. The Kier molecular flexibility index (Phi) is 26.8. The highest BCUT2D eigenvalue weighted by Gasteiger charge is 1.44. The molecule has 0 aromatic rings. The summed E-state index contributed by atoms with van der Waals surface area (Å²) in [4.78, 5) is 8.95. The van der Waals surface area contributed by atoms with E-state index in [1.54, 1.807) is 0 Å². The van der Waals surface area contributed by atoms with Crippen molar-refractivity contribution >= 4 is 6.47 Å². The first-order valence-corrected chi connectivity index (χ1v) is 1.59. The van der Waals surface area contributed by atoms with Gasteiger partial charge in [0.2, 0.25) is 0 Å². The van der Waals surface area contributed by atoms with Crippen molar-refractivity contribution in [2.45, 2.75) is 0 Å². The molecule has 0 rings (SSSR count). The average Bonchev–Trinajstić information content (AvgIpc) is 1.69. The van der Waals surface area contributed by atoms with Gasteiger partial charge in [-0.25, -0.2) is 0 Å². The van der Waals surface area contributed by atoms with Gasteiger partial charge >= 0.3 is 0 Å². The third-order valence-electron chi connectivity index (χ3n) is 0.0962. The molecule has 0 heterocycles. The molecule has 40 valence electrons. The smallest absolute Gasteiger partial charge is 0.292 e. The minimum Gasteiger partial charge on any atom is -0.471 e. The van der Waals surface area contributed by atoms with Crippen LogP contribution in [0.4, 0.5) is 0 Å². The van der Waals surface area contributed by atoms with E-state index in [1.165, 1.54) is 7.11 Å². The largest absolute Gasteiger partial charge is 0.471 e. The van der Waals surface area contributed by atoms with Crippen molar-refractivity contribution in [3.63, 3.8) is 0 Å². The number of methoxy groups -OCH3 is 1. The van der Waals surface area contributed by atoms with Gasteiger partial charge in [0.1, 0.15) is 0 Å². The van der Waals surface area contributed by atoms with Crippen molar-refractivity contribution in [2.24, 2.45) is 0 Å². The van der Waals surface area contributed by atoms with Gasteiger partial charge in [0.25, 0.3) is 6.47 Å². The number of hydrogen-bond acceptors (Lipinski definition) is 2. The fourth-order valence-corrected chi connectivity index (χ4v) is 0. The SMILES string of the molecule is C=C=C.COC=O. The standard InChI is InChI=1S/C3H4.C2H4O2/c1-3-2;1-4-2-3/h1-2H2;2H,1H3. The van der Waals surface area contributed by atoms with E-state index in [1.807, 2.05) is 0 Å². The van der Waals surface area contributed by atoms with Gasteiger partial charge < -0.3 is 4.74 Å². The van der Waals surface area contributed by atoms with Gasteiger partial charge in [-0.05, 0) is 0 Å². The molecule has 0 atom stereocenters. The Morgan fingerprint density at radius 1 is 1.71 bits per heavy atom. The zero-order chi connectivity index (χ0) is 6.12. The van der Waals surface area contributed by atoms with E-state index in [4.69, 9.17) is 4.79 Å². The third kappa shape index (κ3) is 446000. The lowest BCUT2D eigenvalue weighted by Gasteiger charge is -1.67. The molecule has 0 fully saturated rings. The number of ether oxygens (including phenoxy) is 1. The Morgan fingerprint density at radius 3 is 1.86 bits per heavy atom. The molecule has 0 saturated carbocycles. The maximum absolute atomic E-state index is 8.95. The summed E-state index contributed by atoms with van der Waals surface area (Å²) in [6.07, 6.45) is 0. The molecule has 0 bridgehead atoms. The molecule has 0 N–H and O–H groups in total. The average molecular weight is 100 g/mol. The summed E-state index contributed by atoms with van der Waals surface area (Å²) in [5, 5.41) is 0. The molecular formula is C5H8O2. The molecular weight excluding hydrogens is 92.1 g/mol. The highest BCUT2D eigenvalue weighted by Crippen LogP contribution is 1.35. The molecule has 0 aliphatic heterocycles. The topological polar surface area (TPSA) is 26.3 Å². The summed E-state index contributed by atoms with van der Waals surface area (Å²) in [5.74, 6) is 0. The maximum atomic E-state index is 8.95. The van der Waals surface area contributed by atoms with Crippen LogP contribution in [-0.2, 0) is 9.53 Å². The van der Waals surface area contributed by atoms with Crippen LogP contribution in [0.5, 0.6) is 0 Å². The van der Waals surface area contributed by atoms with Crippen LogP contribution in [0.1, 0.15) is 0 Å². The Balaban J connectivity index is 0.